The number of thiazole rings is 1. The van der Waals surface area contributed by atoms with Crippen LogP contribution in [0.2, 0.25) is 0 Å². The second-order valence-corrected chi connectivity index (χ2v) is 5.63. The average Bonchev–Trinajstić information content (AvgIpc) is 2.72. The third-order valence-corrected chi connectivity index (χ3v) is 4.04. The van der Waals surface area contributed by atoms with E-state index in [1.165, 1.54) is 16.2 Å². The van der Waals surface area contributed by atoms with Gasteiger partial charge in [0.1, 0.15) is 5.00 Å². The second kappa shape index (κ2) is 4.29. The zero-order chi connectivity index (χ0) is 9.97. The van der Waals surface area contributed by atoms with Crippen molar-refractivity contribution in [3.8, 4) is 0 Å². The summed E-state index contributed by atoms with van der Waals surface area (Å²) in [6.45, 7) is 0.795. The maximum atomic E-state index is 5.56. The predicted octanol–water partition coefficient (Wildman–Crippen LogP) is 3.16. The summed E-state index contributed by atoms with van der Waals surface area (Å²) < 4.78 is 1.12. The van der Waals surface area contributed by atoms with Gasteiger partial charge in [-0.2, -0.15) is 0 Å². The number of rotatable bonds is 3. The number of nitrogens with zero attached hydrogens (tertiary/aromatic N) is 1. The molecular formula is C8H8BrN3S2. The van der Waals surface area contributed by atoms with Gasteiger partial charge in [0, 0.05) is 14.7 Å². The minimum Gasteiger partial charge on any atom is -0.389 e. The van der Waals surface area contributed by atoms with Crippen LogP contribution in [0.15, 0.2) is 22.1 Å². The molecule has 0 radical (unpaired) electrons. The highest BCUT2D eigenvalue weighted by Crippen LogP contribution is 2.23. The second-order valence-electron chi connectivity index (χ2n) is 2.65. The van der Waals surface area contributed by atoms with Crippen LogP contribution < -0.4 is 11.1 Å². The molecule has 3 N–H and O–H groups in total. The van der Waals surface area contributed by atoms with Crippen LogP contribution in [0.4, 0.5) is 10.1 Å². The lowest BCUT2D eigenvalue weighted by Crippen LogP contribution is -1.95. The largest absolute Gasteiger partial charge is 0.389 e. The van der Waals surface area contributed by atoms with E-state index in [1.807, 2.05) is 0 Å². The lowest BCUT2D eigenvalue weighted by Gasteiger charge is -1.97. The molecule has 0 unspecified atom stereocenters. The molecule has 74 valence electrons. The average molecular weight is 290 g/mol. The molecular weight excluding hydrogens is 282 g/mol. The summed E-state index contributed by atoms with van der Waals surface area (Å²) >= 11 is 6.59. The van der Waals surface area contributed by atoms with Crippen molar-refractivity contribution in [2.75, 3.05) is 11.1 Å². The molecule has 0 aromatic carbocycles. The molecule has 2 rings (SSSR count). The van der Waals surface area contributed by atoms with E-state index in [0.717, 1.165) is 21.2 Å². The Morgan fingerprint density at radius 1 is 1.57 bits per heavy atom. The third kappa shape index (κ3) is 2.46. The molecule has 6 heteroatoms. The Bertz CT molecular complexity index is 383. The topological polar surface area (TPSA) is 50.9 Å². The summed E-state index contributed by atoms with van der Waals surface area (Å²) in [7, 11) is 0. The first-order valence-electron chi connectivity index (χ1n) is 3.92. The summed E-state index contributed by atoms with van der Waals surface area (Å²) in [4.78, 5) is 5.38. The van der Waals surface area contributed by atoms with Gasteiger partial charge in [-0.25, -0.2) is 4.98 Å². The molecule has 0 aliphatic heterocycles. The maximum absolute atomic E-state index is 5.56. The normalized spacial score (nSPS) is 10.4. The summed E-state index contributed by atoms with van der Waals surface area (Å²) in [5, 5.41) is 6.88. The summed E-state index contributed by atoms with van der Waals surface area (Å²) in [6, 6.07) is 2.09. The van der Waals surface area contributed by atoms with Crippen molar-refractivity contribution in [2.45, 2.75) is 6.54 Å². The van der Waals surface area contributed by atoms with Crippen LogP contribution in [0.25, 0.3) is 0 Å². The first-order chi connectivity index (χ1) is 6.74. The molecule has 0 saturated carbocycles. The Morgan fingerprint density at radius 3 is 3.00 bits per heavy atom. The Labute approximate surface area is 98.1 Å². The molecule has 0 amide bonds. The van der Waals surface area contributed by atoms with Gasteiger partial charge in [-0.05, 0) is 22.0 Å². The fourth-order valence-electron chi connectivity index (χ4n) is 0.978. The van der Waals surface area contributed by atoms with Crippen molar-refractivity contribution in [1.29, 1.82) is 0 Å². The van der Waals surface area contributed by atoms with Gasteiger partial charge in [-0.1, -0.05) is 11.3 Å². The maximum Gasteiger partial charge on any atom is 0.184 e. The van der Waals surface area contributed by atoms with Crippen LogP contribution in [0.1, 0.15) is 4.88 Å². The molecule has 0 atom stereocenters. The van der Waals surface area contributed by atoms with E-state index < -0.39 is 0 Å². The SMILES string of the molecule is Nc1cnc(NCc2cc(Br)cs2)s1. The van der Waals surface area contributed by atoms with Crippen molar-refractivity contribution >= 4 is 48.7 Å². The van der Waals surface area contributed by atoms with E-state index in [4.69, 9.17) is 5.73 Å². The van der Waals surface area contributed by atoms with Crippen LogP contribution in [0.3, 0.4) is 0 Å². The molecule has 0 aliphatic carbocycles. The van der Waals surface area contributed by atoms with E-state index in [2.05, 4.69) is 37.7 Å². The number of aromatic nitrogens is 1. The monoisotopic (exact) mass is 289 g/mol. The van der Waals surface area contributed by atoms with Crippen molar-refractivity contribution in [3.05, 3.63) is 27.0 Å². The van der Waals surface area contributed by atoms with E-state index in [-0.39, 0.29) is 0 Å². The van der Waals surface area contributed by atoms with Gasteiger partial charge in [-0.3, -0.25) is 0 Å². The van der Waals surface area contributed by atoms with Crippen LogP contribution in [0.5, 0.6) is 0 Å². The van der Waals surface area contributed by atoms with Gasteiger partial charge in [-0.15, -0.1) is 11.3 Å². The minimum absolute atomic E-state index is 0.736. The van der Waals surface area contributed by atoms with Gasteiger partial charge < -0.3 is 11.1 Å². The number of halogens is 1. The zero-order valence-corrected chi connectivity index (χ0v) is 10.4. The van der Waals surface area contributed by atoms with E-state index >= 15 is 0 Å². The molecule has 0 aliphatic rings. The van der Waals surface area contributed by atoms with Crippen LogP contribution in [0, 0.1) is 0 Å². The Kier molecular flexibility index (Phi) is 3.05. The quantitative estimate of drug-likeness (QED) is 0.913. The summed E-state index contributed by atoms with van der Waals surface area (Å²) in [5.41, 5.74) is 5.56. The van der Waals surface area contributed by atoms with Crippen molar-refractivity contribution < 1.29 is 0 Å². The molecule has 3 nitrogen and oxygen atoms in total. The van der Waals surface area contributed by atoms with Crippen LogP contribution in [-0.4, -0.2) is 4.98 Å². The highest BCUT2D eigenvalue weighted by atomic mass is 79.9. The minimum atomic E-state index is 0.736. The predicted molar refractivity (Wildman–Crippen MR) is 65.9 cm³/mol. The van der Waals surface area contributed by atoms with Crippen molar-refractivity contribution in [3.63, 3.8) is 0 Å². The molecule has 14 heavy (non-hydrogen) atoms. The number of thiophene rings is 1. The van der Waals surface area contributed by atoms with Crippen LogP contribution >= 0.6 is 38.6 Å². The lowest BCUT2D eigenvalue weighted by atomic mass is 10.5. The standard InChI is InChI=1S/C8H8BrN3S2/c9-5-1-6(13-4-5)2-11-8-12-3-7(10)14-8/h1,3-4H,2,10H2,(H,11,12). The molecule has 0 bridgehead atoms. The summed E-state index contributed by atoms with van der Waals surface area (Å²) in [5.74, 6) is 0. The number of anilines is 2. The fraction of sp³-hybridized carbons (Fsp3) is 0.125. The number of nitrogen functional groups attached to an aromatic ring is 1. The third-order valence-electron chi connectivity index (χ3n) is 1.56. The molecule has 2 aromatic heterocycles. The first kappa shape index (κ1) is 9.95. The first-order valence-corrected chi connectivity index (χ1v) is 6.41. The highest BCUT2D eigenvalue weighted by molar-refractivity contribution is 9.10. The Hall–Kier alpha value is -0.590. The summed E-state index contributed by atoms with van der Waals surface area (Å²) in [6.07, 6.45) is 1.66. The molecule has 0 saturated heterocycles. The van der Waals surface area contributed by atoms with Crippen molar-refractivity contribution in [2.24, 2.45) is 0 Å². The molecule has 0 spiro atoms. The van der Waals surface area contributed by atoms with E-state index in [1.54, 1.807) is 17.5 Å². The van der Waals surface area contributed by atoms with Gasteiger partial charge in [0.05, 0.1) is 12.7 Å². The number of hydrogen-bond donors (Lipinski definition) is 2. The molecule has 2 aromatic rings. The fourth-order valence-corrected chi connectivity index (χ4v) is 2.95. The van der Waals surface area contributed by atoms with E-state index in [0.29, 0.717) is 0 Å². The zero-order valence-electron chi connectivity index (χ0n) is 7.16. The van der Waals surface area contributed by atoms with Gasteiger partial charge in [0.25, 0.3) is 0 Å². The van der Waals surface area contributed by atoms with Gasteiger partial charge in [0.2, 0.25) is 0 Å². The van der Waals surface area contributed by atoms with Crippen molar-refractivity contribution in [1.82, 2.24) is 4.98 Å². The number of hydrogen-bond acceptors (Lipinski definition) is 5. The molecule has 0 fully saturated rings. The molecule has 2 heterocycles. The van der Waals surface area contributed by atoms with Crippen LogP contribution in [-0.2, 0) is 6.54 Å². The lowest BCUT2D eigenvalue weighted by molar-refractivity contribution is 1.17. The van der Waals surface area contributed by atoms with Gasteiger partial charge >= 0.3 is 0 Å². The van der Waals surface area contributed by atoms with Gasteiger partial charge in [0.15, 0.2) is 5.13 Å². The highest BCUT2D eigenvalue weighted by Gasteiger charge is 2.00. The number of nitrogens with two attached hydrogens (primary N) is 1. The Morgan fingerprint density at radius 2 is 2.43 bits per heavy atom. The Balaban J connectivity index is 1.94. The van der Waals surface area contributed by atoms with E-state index in [9.17, 15) is 0 Å². The smallest absolute Gasteiger partial charge is 0.184 e. The number of nitrogens with one attached hydrogen (secondary N) is 1.